The Balaban J connectivity index is 2.36. The number of nitrogens with one attached hydrogen (secondary N) is 1. The van der Waals surface area contributed by atoms with Crippen LogP contribution in [-0.4, -0.2) is 37.6 Å². The van der Waals surface area contributed by atoms with Gasteiger partial charge in [0, 0.05) is 14.0 Å². The van der Waals surface area contributed by atoms with Crippen LogP contribution in [0.4, 0.5) is 10.1 Å². The van der Waals surface area contributed by atoms with E-state index in [1.54, 1.807) is 13.8 Å². The van der Waals surface area contributed by atoms with E-state index in [0.29, 0.717) is 5.89 Å². The highest BCUT2D eigenvalue weighted by atomic mass is 32.2. The highest BCUT2D eigenvalue weighted by Gasteiger charge is 2.20. The van der Waals surface area contributed by atoms with Crippen molar-refractivity contribution in [3.05, 3.63) is 29.9 Å². The van der Waals surface area contributed by atoms with Gasteiger partial charge >= 0.3 is 0 Å². The molecule has 2 aromatic rings. The number of hydrogen-bond donors (Lipinski definition) is 1. The van der Waals surface area contributed by atoms with Crippen LogP contribution in [0.25, 0.3) is 11.5 Å². The van der Waals surface area contributed by atoms with E-state index in [2.05, 4.69) is 14.9 Å². The van der Waals surface area contributed by atoms with Gasteiger partial charge in [0.15, 0.2) is 0 Å². The molecule has 1 unspecified atom stereocenters. The molecule has 0 spiro atoms. The minimum atomic E-state index is -3.67. The second-order valence-corrected chi connectivity index (χ2v) is 6.51. The molecule has 7 nitrogen and oxygen atoms in total. The van der Waals surface area contributed by atoms with Crippen molar-refractivity contribution in [2.24, 2.45) is 0 Å². The number of aromatic nitrogens is 2. The average Bonchev–Trinajstić information content (AvgIpc) is 2.86. The lowest BCUT2D eigenvalue weighted by atomic mass is 10.2. The molecule has 0 amide bonds. The van der Waals surface area contributed by atoms with Crippen molar-refractivity contribution in [2.75, 3.05) is 17.6 Å². The minimum absolute atomic E-state index is 0.0366. The number of methoxy groups -OCH3 is 1. The molecule has 0 saturated carbocycles. The summed E-state index contributed by atoms with van der Waals surface area (Å²) >= 11 is 0. The van der Waals surface area contributed by atoms with Crippen molar-refractivity contribution in [3.63, 3.8) is 0 Å². The SMILES string of the molecule is COC(C)CS(=O)(=O)Nc1ccc(F)cc1-c1nnc(C)o1. The molecule has 1 N–H and O–H groups in total. The summed E-state index contributed by atoms with van der Waals surface area (Å²) in [4.78, 5) is 0. The molecular weight excluding hydrogens is 313 g/mol. The molecule has 1 aromatic heterocycles. The lowest BCUT2D eigenvalue weighted by Gasteiger charge is -2.13. The Bertz CT molecular complexity index is 760. The highest BCUT2D eigenvalue weighted by Crippen LogP contribution is 2.28. The Labute approximate surface area is 127 Å². The first-order valence-electron chi connectivity index (χ1n) is 6.44. The normalized spacial score (nSPS) is 13.1. The molecule has 9 heteroatoms. The predicted molar refractivity (Wildman–Crippen MR) is 78.3 cm³/mol. The Kier molecular flexibility index (Phi) is 4.77. The van der Waals surface area contributed by atoms with E-state index in [0.717, 1.165) is 12.1 Å². The highest BCUT2D eigenvalue weighted by molar-refractivity contribution is 7.92. The number of nitrogens with zero attached hydrogens (tertiary/aromatic N) is 2. The maximum absolute atomic E-state index is 13.5. The third-order valence-corrected chi connectivity index (χ3v) is 4.30. The zero-order chi connectivity index (χ0) is 16.3. The summed E-state index contributed by atoms with van der Waals surface area (Å²) < 4.78 is 50.2. The molecule has 0 bridgehead atoms. The van der Waals surface area contributed by atoms with E-state index in [9.17, 15) is 12.8 Å². The number of benzene rings is 1. The van der Waals surface area contributed by atoms with E-state index in [1.165, 1.54) is 13.2 Å². The molecule has 0 aliphatic rings. The first-order valence-corrected chi connectivity index (χ1v) is 8.09. The fourth-order valence-electron chi connectivity index (χ4n) is 1.77. The summed E-state index contributed by atoms with van der Waals surface area (Å²) in [6, 6.07) is 3.58. The molecule has 2 rings (SSSR count). The van der Waals surface area contributed by atoms with Gasteiger partial charge in [0.05, 0.1) is 23.1 Å². The Hall–Kier alpha value is -2.00. The number of rotatable bonds is 6. The summed E-state index contributed by atoms with van der Waals surface area (Å²) in [7, 11) is -2.25. The minimum Gasteiger partial charge on any atom is -0.421 e. The van der Waals surface area contributed by atoms with Crippen LogP contribution in [-0.2, 0) is 14.8 Å². The molecule has 22 heavy (non-hydrogen) atoms. The van der Waals surface area contributed by atoms with Gasteiger partial charge in [0.25, 0.3) is 0 Å². The van der Waals surface area contributed by atoms with E-state index in [-0.39, 0.29) is 22.9 Å². The van der Waals surface area contributed by atoms with Gasteiger partial charge in [0.1, 0.15) is 5.82 Å². The molecule has 0 saturated heterocycles. The molecule has 0 aliphatic carbocycles. The molecule has 0 radical (unpaired) electrons. The van der Waals surface area contributed by atoms with Crippen LogP contribution in [0.3, 0.4) is 0 Å². The fourth-order valence-corrected chi connectivity index (χ4v) is 3.12. The number of sulfonamides is 1. The van der Waals surface area contributed by atoms with Crippen molar-refractivity contribution in [1.82, 2.24) is 10.2 Å². The van der Waals surface area contributed by atoms with Gasteiger partial charge in [-0.25, -0.2) is 12.8 Å². The molecule has 1 atom stereocenters. The average molecular weight is 329 g/mol. The third kappa shape index (κ3) is 4.01. The monoisotopic (exact) mass is 329 g/mol. The summed E-state index contributed by atoms with van der Waals surface area (Å²) in [5.74, 6) is -0.446. The maximum Gasteiger partial charge on any atom is 0.249 e. The quantitative estimate of drug-likeness (QED) is 0.870. The molecule has 0 aliphatic heterocycles. The molecule has 1 aromatic carbocycles. The number of hydrogen-bond acceptors (Lipinski definition) is 6. The smallest absolute Gasteiger partial charge is 0.249 e. The van der Waals surface area contributed by atoms with Gasteiger partial charge in [-0.05, 0) is 25.1 Å². The number of halogens is 1. The molecule has 1 heterocycles. The first-order chi connectivity index (χ1) is 10.3. The van der Waals surface area contributed by atoms with Crippen molar-refractivity contribution < 1.29 is 22.0 Å². The second kappa shape index (κ2) is 6.41. The summed E-state index contributed by atoms with van der Waals surface area (Å²) in [5, 5.41) is 7.44. The predicted octanol–water partition coefficient (Wildman–Crippen LogP) is 1.96. The zero-order valence-corrected chi connectivity index (χ0v) is 13.1. The Morgan fingerprint density at radius 2 is 2.14 bits per heavy atom. The van der Waals surface area contributed by atoms with Crippen molar-refractivity contribution in [1.29, 1.82) is 0 Å². The van der Waals surface area contributed by atoms with Gasteiger partial charge in [-0.2, -0.15) is 0 Å². The molecule has 0 fully saturated rings. The molecule has 120 valence electrons. The fraction of sp³-hybridized carbons (Fsp3) is 0.385. The Morgan fingerprint density at radius 1 is 1.41 bits per heavy atom. The van der Waals surface area contributed by atoms with E-state index in [1.807, 2.05) is 0 Å². The third-order valence-electron chi connectivity index (χ3n) is 2.86. The van der Waals surface area contributed by atoms with Gasteiger partial charge < -0.3 is 9.15 Å². The van der Waals surface area contributed by atoms with Crippen LogP contribution in [0.1, 0.15) is 12.8 Å². The van der Waals surface area contributed by atoms with Crippen molar-refractivity contribution in [2.45, 2.75) is 20.0 Å². The van der Waals surface area contributed by atoms with Gasteiger partial charge in [0.2, 0.25) is 21.8 Å². The van der Waals surface area contributed by atoms with Gasteiger partial charge in [-0.1, -0.05) is 0 Å². The first kappa shape index (κ1) is 16.4. The second-order valence-electron chi connectivity index (χ2n) is 4.75. The van der Waals surface area contributed by atoms with Crippen LogP contribution in [0.5, 0.6) is 0 Å². The lowest BCUT2D eigenvalue weighted by Crippen LogP contribution is -2.25. The lowest BCUT2D eigenvalue weighted by molar-refractivity contribution is 0.136. The van der Waals surface area contributed by atoms with Crippen LogP contribution < -0.4 is 4.72 Å². The summed E-state index contributed by atoms with van der Waals surface area (Å²) in [5.41, 5.74) is 0.336. The maximum atomic E-state index is 13.5. The van der Waals surface area contributed by atoms with Crippen LogP contribution >= 0.6 is 0 Å². The van der Waals surface area contributed by atoms with Crippen LogP contribution in [0, 0.1) is 12.7 Å². The number of ether oxygens (including phenoxy) is 1. The largest absolute Gasteiger partial charge is 0.421 e. The summed E-state index contributed by atoms with van der Waals surface area (Å²) in [6.07, 6.45) is -0.480. The standard InChI is InChI=1S/C13H16FN3O4S/c1-8(20-3)7-22(18,19)17-12-5-4-10(14)6-11(12)13-16-15-9(2)21-13/h4-6,8,17H,7H2,1-3H3. The molecular formula is C13H16FN3O4S. The van der Waals surface area contributed by atoms with E-state index >= 15 is 0 Å². The number of aryl methyl sites for hydroxylation is 1. The van der Waals surface area contributed by atoms with Crippen LogP contribution in [0.15, 0.2) is 22.6 Å². The van der Waals surface area contributed by atoms with Crippen LogP contribution in [0.2, 0.25) is 0 Å². The summed E-state index contributed by atoms with van der Waals surface area (Å²) in [6.45, 7) is 3.21. The van der Waals surface area contributed by atoms with Crippen molar-refractivity contribution in [3.8, 4) is 11.5 Å². The van der Waals surface area contributed by atoms with Gasteiger partial charge in [-0.15, -0.1) is 10.2 Å². The van der Waals surface area contributed by atoms with E-state index < -0.39 is 21.9 Å². The number of anilines is 1. The van der Waals surface area contributed by atoms with E-state index in [4.69, 9.17) is 9.15 Å². The van der Waals surface area contributed by atoms with Crippen molar-refractivity contribution >= 4 is 15.7 Å². The Morgan fingerprint density at radius 3 is 2.73 bits per heavy atom. The van der Waals surface area contributed by atoms with Gasteiger partial charge in [-0.3, -0.25) is 4.72 Å². The topological polar surface area (TPSA) is 94.3 Å². The zero-order valence-electron chi connectivity index (χ0n) is 12.3.